The van der Waals surface area contributed by atoms with Gasteiger partial charge in [-0.05, 0) is 148 Å². The molecule has 0 N–H and O–H groups in total. The molecule has 3 aliphatic rings. The minimum absolute atomic E-state index is 0.172. The van der Waals surface area contributed by atoms with E-state index in [0.717, 1.165) is 17.1 Å². The average Bonchev–Trinajstić information content (AvgIpc) is 4.15. The first-order chi connectivity index (χ1) is 38.4. The smallest absolute Gasteiger partial charge is 0.0720 e. The van der Waals surface area contributed by atoms with Gasteiger partial charge in [-0.1, -0.05) is 275 Å². The van der Waals surface area contributed by atoms with Crippen molar-refractivity contribution in [1.82, 2.24) is 0 Å². The summed E-state index contributed by atoms with van der Waals surface area (Å²) < 4.78 is 0. The summed E-state index contributed by atoms with van der Waals surface area (Å²) in [6, 6.07) is 111. The van der Waals surface area contributed by atoms with Crippen LogP contribution in [-0.2, 0) is 16.2 Å². The predicted molar refractivity (Wildman–Crippen MR) is 324 cm³/mol. The minimum atomic E-state index is -0.688. The van der Waals surface area contributed by atoms with E-state index in [4.69, 9.17) is 0 Å². The van der Waals surface area contributed by atoms with Crippen molar-refractivity contribution in [3.8, 4) is 55.6 Å². The second kappa shape index (κ2) is 17.8. The third kappa shape index (κ3) is 6.68. The van der Waals surface area contributed by atoms with E-state index in [-0.39, 0.29) is 5.41 Å². The lowest BCUT2D eigenvalue weighted by atomic mass is 9.51. The van der Waals surface area contributed by atoms with E-state index >= 15 is 0 Å². The highest BCUT2D eigenvalue weighted by Gasteiger charge is 2.57. The van der Waals surface area contributed by atoms with Crippen LogP contribution in [0.1, 0.15) is 69.5 Å². The van der Waals surface area contributed by atoms with Crippen LogP contribution in [-0.4, -0.2) is 0 Å². The van der Waals surface area contributed by atoms with Gasteiger partial charge in [-0.2, -0.15) is 0 Å². The van der Waals surface area contributed by atoms with Gasteiger partial charge in [-0.25, -0.2) is 0 Å². The first-order valence-electron chi connectivity index (χ1n) is 27.4. The fourth-order valence-electron chi connectivity index (χ4n) is 14.2. The molecule has 0 spiro atoms. The van der Waals surface area contributed by atoms with Gasteiger partial charge in [-0.3, -0.25) is 0 Å². The van der Waals surface area contributed by atoms with Crippen LogP contribution in [0.5, 0.6) is 0 Å². The number of nitrogens with zero attached hydrogens (tertiary/aromatic N) is 1. The molecule has 0 heterocycles. The van der Waals surface area contributed by atoms with Crippen LogP contribution in [0.4, 0.5) is 17.1 Å². The molecule has 0 aliphatic heterocycles. The Bertz CT molecular complexity index is 4250. The van der Waals surface area contributed by atoms with Crippen molar-refractivity contribution in [2.24, 2.45) is 0 Å². The van der Waals surface area contributed by atoms with E-state index in [0.29, 0.717) is 0 Å². The summed E-state index contributed by atoms with van der Waals surface area (Å²) in [6.07, 6.45) is 0. The molecule has 0 amide bonds. The molecular formula is C77H55N. The van der Waals surface area contributed by atoms with E-state index in [1.54, 1.807) is 0 Å². The van der Waals surface area contributed by atoms with Gasteiger partial charge in [0, 0.05) is 22.5 Å². The summed E-state index contributed by atoms with van der Waals surface area (Å²) in [6.45, 7) is 4.75. The minimum Gasteiger partial charge on any atom is -0.310 e. The summed E-state index contributed by atoms with van der Waals surface area (Å²) in [5.74, 6) is 0. The van der Waals surface area contributed by atoms with Gasteiger partial charge < -0.3 is 4.90 Å². The van der Waals surface area contributed by atoms with Crippen LogP contribution in [0, 0.1) is 0 Å². The molecule has 0 saturated heterocycles. The second-order valence-corrected chi connectivity index (χ2v) is 21.9. The number of hydrogen-bond donors (Lipinski definition) is 0. The maximum atomic E-state index is 2.49. The fourth-order valence-corrected chi connectivity index (χ4v) is 14.2. The molecule has 0 saturated carbocycles. The van der Waals surface area contributed by atoms with Crippen molar-refractivity contribution in [3.63, 3.8) is 0 Å². The Balaban J connectivity index is 0.902. The van der Waals surface area contributed by atoms with Gasteiger partial charge in [0.1, 0.15) is 0 Å². The Labute approximate surface area is 458 Å². The highest BCUT2D eigenvalue weighted by atomic mass is 15.1. The van der Waals surface area contributed by atoms with E-state index < -0.39 is 10.8 Å². The number of benzene rings is 12. The molecule has 78 heavy (non-hydrogen) atoms. The maximum absolute atomic E-state index is 2.49. The Hall–Kier alpha value is -9.56. The summed E-state index contributed by atoms with van der Waals surface area (Å²) in [5.41, 5.74) is 27.5. The monoisotopic (exact) mass is 993 g/mol. The van der Waals surface area contributed by atoms with Crippen molar-refractivity contribution in [2.45, 2.75) is 30.1 Å². The molecule has 2 atom stereocenters. The van der Waals surface area contributed by atoms with Gasteiger partial charge in [0.25, 0.3) is 0 Å². The molecule has 0 fully saturated rings. The van der Waals surface area contributed by atoms with E-state index in [1.807, 2.05) is 0 Å². The Kier molecular flexibility index (Phi) is 10.4. The standard InChI is InChI=1S/C77H55N/c1-75(2)68-31-14-12-28-64(68)66-49-48-63(51-73(66)75)78(61-46-44-57(45-47-61)56-42-40-55(41-43-56)54-38-36-53(37-39-54)52-20-6-3-7-21-52)62-27-18-26-60(50-62)76(58-22-8-4-9-23-58)70-33-16-17-34-71(70)77(59-24-10-5-11-25-59)69-32-15-13-29-65(69)67-30-19-35-72(76)74(67)77/h3-51H,1-2H3. The number of hydrogen-bond acceptors (Lipinski definition) is 1. The first kappa shape index (κ1) is 45.8. The van der Waals surface area contributed by atoms with E-state index in [1.165, 1.54) is 111 Å². The van der Waals surface area contributed by atoms with Gasteiger partial charge >= 0.3 is 0 Å². The van der Waals surface area contributed by atoms with Crippen molar-refractivity contribution in [2.75, 3.05) is 4.90 Å². The molecule has 3 aliphatic carbocycles. The lowest BCUT2D eigenvalue weighted by Crippen LogP contribution is -2.44. The molecule has 15 rings (SSSR count). The number of rotatable bonds is 9. The molecule has 12 aromatic rings. The molecule has 12 aromatic carbocycles. The lowest BCUT2D eigenvalue weighted by Gasteiger charge is -2.49. The molecule has 0 bridgehead atoms. The Morgan fingerprint density at radius 1 is 0.231 bits per heavy atom. The molecule has 1 heteroatoms. The zero-order valence-corrected chi connectivity index (χ0v) is 43.7. The predicted octanol–water partition coefficient (Wildman–Crippen LogP) is 19.5. The summed E-state index contributed by atoms with van der Waals surface area (Å²) in [5, 5.41) is 0. The van der Waals surface area contributed by atoms with Crippen LogP contribution >= 0.6 is 0 Å². The molecule has 0 radical (unpaired) electrons. The first-order valence-corrected chi connectivity index (χ1v) is 27.4. The van der Waals surface area contributed by atoms with Crippen LogP contribution in [0.15, 0.2) is 297 Å². The van der Waals surface area contributed by atoms with Crippen LogP contribution in [0.25, 0.3) is 55.6 Å². The van der Waals surface area contributed by atoms with E-state index in [9.17, 15) is 0 Å². The van der Waals surface area contributed by atoms with Crippen molar-refractivity contribution < 1.29 is 0 Å². The van der Waals surface area contributed by atoms with Crippen molar-refractivity contribution >= 4 is 17.1 Å². The SMILES string of the molecule is CC1(C)c2ccccc2-c2ccc(N(c3ccc(-c4ccc(-c5ccc(-c6ccccc6)cc5)cc4)cc3)c3cccc(C4(c5ccccc5)c5ccccc5C5(c6ccccc6)c6ccccc6-c6cccc4c65)c3)cc21. The summed E-state index contributed by atoms with van der Waals surface area (Å²) >= 11 is 0. The lowest BCUT2D eigenvalue weighted by molar-refractivity contribution is 0.627. The molecule has 368 valence electrons. The van der Waals surface area contributed by atoms with Crippen LogP contribution < -0.4 is 4.90 Å². The van der Waals surface area contributed by atoms with Crippen molar-refractivity contribution in [1.29, 1.82) is 0 Å². The van der Waals surface area contributed by atoms with Crippen molar-refractivity contribution in [3.05, 3.63) is 353 Å². The number of anilines is 3. The van der Waals surface area contributed by atoms with Crippen LogP contribution in [0.3, 0.4) is 0 Å². The van der Waals surface area contributed by atoms with E-state index in [2.05, 4.69) is 316 Å². The Morgan fingerprint density at radius 3 is 1.22 bits per heavy atom. The molecule has 2 unspecified atom stereocenters. The quantitative estimate of drug-likeness (QED) is 0.139. The zero-order valence-electron chi connectivity index (χ0n) is 43.7. The third-order valence-corrected chi connectivity index (χ3v) is 17.6. The zero-order chi connectivity index (χ0) is 52.0. The topological polar surface area (TPSA) is 3.24 Å². The van der Waals surface area contributed by atoms with Gasteiger partial charge in [-0.15, -0.1) is 0 Å². The highest BCUT2D eigenvalue weighted by Crippen LogP contribution is 2.66. The second-order valence-electron chi connectivity index (χ2n) is 21.9. The summed E-state index contributed by atoms with van der Waals surface area (Å²) in [4.78, 5) is 2.49. The average molecular weight is 994 g/mol. The van der Waals surface area contributed by atoms with Gasteiger partial charge in [0.2, 0.25) is 0 Å². The molecular weight excluding hydrogens is 939 g/mol. The van der Waals surface area contributed by atoms with Gasteiger partial charge in [0.05, 0.1) is 10.8 Å². The molecule has 1 nitrogen and oxygen atoms in total. The number of fused-ring (bicyclic) bond motifs is 8. The molecule has 0 aromatic heterocycles. The highest BCUT2D eigenvalue weighted by molar-refractivity contribution is 5.93. The summed E-state index contributed by atoms with van der Waals surface area (Å²) in [7, 11) is 0. The Morgan fingerprint density at radius 2 is 0.615 bits per heavy atom. The third-order valence-electron chi connectivity index (χ3n) is 17.6. The van der Waals surface area contributed by atoms with Crippen LogP contribution in [0.2, 0.25) is 0 Å². The fraction of sp³-hybridized carbons (Fsp3) is 0.0649. The normalized spacial score (nSPS) is 16.8. The maximum Gasteiger partial charge on any atom is 0.0720 e. The largest absolute Gasteiger partial charge is 0.310 e. The van der Waals surface area contributed by atoms with Gasteiger partial charge in [0.15, 0.2) is 0 Å².